The monoisotopic (exact) mass is 462 g/mol. The largest absolute Gasteiger partial charge is 0.535 e. The average molecular weight is 462 g/mol. The lowest BCUT2D eigenvalue weighted by molar-refractivity contribution is -0.152. The molecule has 1 aliphatic rings. The summed E-state index contributed by atoms with van der Waals surface area (Å²) in [6.07, 6.45) is 4.07. The van der Waals surface area contributed by atoms with E-state index in [0.29, 0.717) is 31.2 Å². The van der Waals surface area contributed by atoms with E-state index in [1.165, 1.54) is 13.2 Å². The Bertz CT molecular complexity index is 839. The van der Waals surface area contributed by atoms with Gasteiger partial charge in [0.2, 0.25) is 6.79 Å². The van der Waals surface area contributed by atoms with E-state index in [4.69, 9.17) is 14.1 Å². The van der Waals surface area contributed by atoms with Gasteiger partial charge in [0.25, 0.3) is 0 Å². The summed E-state index contributed by atoms with van der Waals surface area (Å²) in [7, 11) is 0.0916. The summed E-state index contributed by atoms with van der Waals surface area (Å²) in [6.45, 7) is 1.45. The molecule has 2 rings (SSSR count). The predicted molar refractivity (Wildman–Crippen MR) is 119 cm³/mol. The van der Waals surface area contributed by atoms with Gasteiger partial charge >= 0.3 is 25.0 Å². The molecule has 0 bridgehead atoms. The van der Waals surface area contributed by atoms with Crippen LogP contribution in [-0.2, 0) is 35.0 Å². The van der Waals surface area contributed by atoms with Crippen LogP contribution >= 0.6 is 0 Å². The maximum atomic E-state index is 12.5. The number of hydrogen-bond acceptors (Lipinski definition) is 9. The number of methoxy groups -OCH3 is 1. The first-order chi connectivity index (χ1) is 15.8. The minimum atomic E-state index is -1.21. The van der Waals surface area contributed by atoms with Crippen LogP contribution in [0.5, 0.6) is 5.75 Å². The molecule has 1 aromatic carbocycles. The molecule has 33 heavy (non-hydrogen) atoms. The zero-order chi connectivity index (χ0) is 24.2. The molecule has 10 heteroatoms. The van der Waals surface area contributed by atoms with E-state index < -0.39 is 25.8 Å². The van der Waals surface area contributed by atoms with Crippen LogP contribution in [0.1, 0.15) is 74.2 Å². The van der Waals surface area contributed by atoms with Crippen molar-refractivity contribution in [1.29, 1.82) is 0 Å². The molecule has 1 heterocycles. The highest BCUT2D eigenvalue weighted by molar-refractivity contribution is 6.47. The van der Waals surface area contributed by atoms with Crippen molar-refractivity contribution in [2.45, 2.75) is 70.5 Å². The lowest BCUT2D eigenvalue weighted by Crippen LogP contribution is -2.36. The van der Waals surface area contributed by atoms with Gasteiger partial charge in [-0.1, -0.05) is 25.5 Å². The third kappa shape index (κ3) is 8.53. The van der Waals surface area contributed by atoms with E-state index in [-0.39, 0.29) is 48.1 Å². The van der Waals surface area contributed by atoms with Crippen LogP contribution in [0.3, 0.4) is 0 Å². The number of fused-ring (bicyclic) bond motifs is 1. The third-order valence-corrected chi connectivity index (χ3v) is 5.39. The Labute approximate surface area is 193 Å². The second-order valence-electron chi connectivity index (χ2n) is 7.96. The first kappa shape index (κ1) is 26.4. The van der Waals surface area contributed by atoms with E-state index in [2.05, 4.69) is 4.74 Å². The van der Waals surface area contributed by atoms with Crippen molar-refractivity contribution in [3.05, 3.63) is 29.3 Å². The lowest BCUT2D eigenvalue weighted by atomic mass is 9.64. The van der Waals surface area contributed by atoms with Gasteiger partial charge in [0, 0.05) is 31.5 Å². The molecule has 0 saturated carbocycles. The van der Waals surface area contributed by atoms with Gasteiger partial charge in [-0.15, -0.1) is 0 Å². The quantitative estimate of drug-likeness (QED) is 0.204. The van der Waals surface area contributed by atoms with Gasteiger partial charge in [-0.3, -0.25) is 14.4 Å². The van der Waals surface area contributed by atoms with Gasteiger partial charge in [-0.2, -0.15) is 0 Å². The molecule has 0 aliphatic carbocycles. The maximum absolute atomic E-state index is 12.5. The van der Waals surface area contributed by atoms with Crippen molar-refractivity contribution in [3.63, 3.8) is 0 Å². The first-order valence-electron chi connectivity index (χ1n) is 11.2. The summed E-state index contributed by atoms with van der Waals surface area (Å²) in [6, 6.07) is 4.94. The number of unbranched alkanes of at least 4 members (excludes halogenated alkanes) is 2. The molecule has 0 fully saturated rings. The standard InChI is InChI=1S/C23H31BO9/c1-3-4-9-18(25)14-17-13-16-8-7-10-19(22(16)33-24(17)29)23(28)32-15-31-21(27)12-6-5-11-20(26)30-2/h7-8,10,17,29H,3-6,9,11-15H2,1-2H3/t17-/m1/s1. The van der Waals surface area contributed by atoms with E-state index in [0.717, 1.165) is 12.8 Å². The SMILES string of the molecule is CCCCC(=O)C[C@H]1Cc2cccc(C(=O)OCOC(=O)CCCCC(=O)OC)c2OB1O. The fourth-order valence-electron chi connectivity index (χ4n) is 3.53. The Hall–Kier alpha value is -2.88. The number of Topliss-reactive ketones (excluding diaryl/α,β-unsaturated/α-hetero) is 1. The molecule has 0 radical (unpaired) electrons. The van der Waals surface area contributed by atoms with Crippen molar-refractivity contribution in [3.8, 4) is 5.75 Å². The fourth-order valence-corrected chi connectivity index (χ4v) is 3.53. The number of para-hydroxylation sites is 1. The van der Waals surface area contributed by atoms with Crippen LogP contribution < -0.4 is 4.65 Å². The van der Waals surface area contributed by atoms with E-state index in [1.807, 2.05) is 6.92 Å². The van der Waals surface area contributed by atoms with Crippen molar-refractivity contribution in [1.82, 2.24) is 0 Å². The van der Waals surface area contributed by atoms with Crippen molar-refractivity contribution in [2.24, 2.45) is 0 Å². The Morgan fingerprint density at radius 3 is 2.48 bits per heavy atom. The Kier molecular flexibility index (Phi) is 10.9. The number of rotatable bonds is 13. The van der Waals surface area contributed by atoms with Crippen LogP contribution in [0.4, 0.5) is 0 Å². The fraction of sp³-hybridized carbons (Fsp3) is 0.565. The molecule has 9 nitrogen and oxygen atoms in total. The molecular weight excluding hydrogens is 431 g/mol. The molecule has 1 N–H and O–H groups in total. The van der Waals surface area contributed by atoms with Crippen molar-refractivity contribution < 1.29 is 43.1 Å². The molecule has 0 amide bonds. The molecule has 1 atom stereocenters. The van der Waals surface area contributed by atoms with Crippen LogP contribution in [-0.4, -0.2) is 49.7 Å². The van der Waals surface area contributed by atoms with E-state index in [9.17, 15) is 24.2 Å². The summed E-state index contributed by atoms with van der Waals surface area (Å²) in [5.41, 5.74) is 0.807. The second-order valence-corrected chi connectivity index (χ2v) is 7.96. The maximum Gasteiger partial charge on any atom is 0.526 e. The van der Waals surface area contributed by atoms with Gasteiger partial charge in [-0.05, 0) is 37.3 Å². The normalized spacial score (nSPS) is 14.6. The number of hydrogen-bond donors (Lipinski definition) is 1. The van der Waals surface area contributed by atoms with Gasteiger partial charge < -0.3 is 23.9 Å². The van der Waals surface area contributed by atoms with Crippen LogP contribution in [0.2, 0.25) is 5.82 Å². The highest BCUT2D eigenvalue weighted by Crippen LogP contribution is 2.36. The van der Waals surface area contributed by atoms with Gasteiger partial charge in [0.05, 0.1) is 7.11 Å². The second kappa shape index (κ2) is 13.6. The number of carbonyl (C=O) groups is 4. The summed E-state index contributed by atoms with van der Waals surface area (Å²) < 4.78 is 20.0. The smallest absolute Gasteiger partial charge is 0.526 e. The topological polar surface area (TPSA) is 125 Å². The molecule has 180 valence electrons. The molecule has 1 aromatic rings. The summed E-state index contributed by atoms with van der Waals surface area (Å²) >= 11 is 0. The molecule has 0 saturated heterocycles. The summed E-state index contributed by atoms with van der Waals surface area (Å²) in [5.74, 6) is -1.74. The average Bonchev–Trinajstić information content (AvgIpc) is 2.80. The van der Waals surface area contributed by atoms with Gasteiger partial charge in [0.1, 0.15) is 17.1 Å². The van der Waals surface area contributed by atoms with Crippen LogP contribution in [0.15, 0.2) is 18.2 Å². The molecule has 0 spiro atoms. The minimum Gasteiger partial charge on any atom is -0.535 e. The van der Waals surface area contributed by atoms with Crippen molar-refractivity contribution in [2.75, 3.05) is 13.9 Å². The Morgan fingerprint density at radius 1 is 1.06 bits per heavy atom. The van der Waals surface area contributed by atoms with Gasteiger partial charge in [-0.25, -0.2) is 4.79 Å². The Balaban J connectivity index is 1.84. The predicted octanol–water partition coefficient (Wildman–Crippen LogP) is 3.01. The number of ketones is 1. The van der Waals surface area contributed by atoms with E-state index >= 15 is 0 Å². The number of esters is 3. The first-order valence-corrected chi connectivity index (χ1v) is 11.2. The Morgan fingerprint density at radius 2 is 1.79 bits per heavy atom. The lowest BCUT2D eigenvalue weighted by Gasteiger charge is -2.28. The molecule has 1 aliphatic heterocycles. The van der Waals surface area contributed by atoms with Crippen LogP contribution in [0, 0.1) is 0 Å². The number of carbonyl (C=O) groups excluding carboxylic acids is 4. The number of ether oxygens (including phenoxy) is 3. The minimum absolute atomic E-state index is 0.0793. The molecular formula is C23H31BO9. The van der Waals surface area contributed by atoms with Gasteiger partial charge in [0.15, 0.2) is 0 Å². The molecule has 0 unspecified atom stereocenters. The van der Waals surface area contributed by atoms with Crippen LogP contribution in [0.25, 0.3) is 0 Å². The van der Waals surface area contributed by atoms with Crippen molar-refractivity contribution >= 4 is 30.8 Å². The number of benzene rings is 1. The zero-order valence-corrected chi connectivity index (χ0v) is 19.2. The molecule has 0 aromatic heterocycles. The zero-order valence-electron chi connectivity index (χ0n) is 19.2. The summed E-state index contributed by atoms with van der Waals surface area (Å²) in [5, 5.41) is 10.4. The third-order valence-electron chi connectivity index (χ3n) is 5.39. The highest BCUT2D eigenvalue weighted by atomic mass is 16.7. The summed E-state index contributed by atoms with van der Waals surface area (Å²) in [4.78, 5) is 47.3. The highest BCUT2D eigenvalue weighted by Gasteiger charge is 2.37. The van der Waals surface area contributed by atoms with E-state index in [1.54, 1.807) is 12.1 Å².